The van der Waals surface area contributed by atoms with E-state index in [1.807, 2.05) is 47.8 Å². The minimum Gasteiger partial charge on any atom is -0.458 e. The van der Waals surface area contributed by atoms with Crippen molar-refractivity contribution in [3.05, 3.63) is 64.4 Å². The minimum atomic E-state index is -0.317. The number of thiophene rings is 1. The molecule has 0 bridgehead atoms. The van der Waals surface area contributed by atoms with Gasteiger partial charge in [-0.1, -0.05) is 36.4 Å². The van der Waals surface area contributed by atoms with Crippen molar-refractivity contribution in [2.24, 2.45) is 0 Å². The molecule has 0 unspecified atom stereocenters. The predicted molar refractivity (Wildman–Crippen MR) is 69.6 cm³/mol. The number of ether oxygens (including phenoxy) is 1. The molecule has 2 aromatic rings. The summed E-state index contributed by atoms with van der Waals surface area (Å²) >= 11 is 1.58. The first kappa shape index (κ1) is 11.6. The van der Waals surface area contributed by atoms with Gasteiger partial charge in [0.1, 0.15) is 6.61 Å². The van der Waals surface area contributed by atoms with E-state index in [0.29, 0.717) is 6.61 Å². The third-order valence-electron chi connectivity index (χ3n) is 2.15. The molecule has 2 rings (SSSR count). The second kappa shape index (κ2) is 6.01. The summed E-state index contributed by atoms with van der Waals surface area (Å²) in [5.74, 6) is -0.317. The number of rotatable bonds is 4. The smallest absolute Gasteiger partial charge is 0.331 e. The first-order valence-electron chi connectivity index (χ1n) is 5.27. The van der Waals surface area contributed by atoms with Gasteiger partial charge in [0.2, 0.25) is 0 Å². The molecular formula is C14H12O2S. The number of esters is 1. The molecular weight excluding hydrogens is 232 g/mol. The van der Waals surface area contributed by atoms with Crippen LogP contribution in [0.25, 0.3) is 6.08 Å². The van der Waals surface area contributed by atoms with Crippen molar-refractivity contribution in [1.82, 2.24) is 0 Å². The molecule has 0 aliphatic carbocycles. The molecule has 0 amide bonds. The number of hydrogen-bond acceptors (Lipinski definition) is 3. The Bertz CT molecular complexity index is 486. The molecule has 17 heavy (non-hydrogen) atoms. The average Bonchev–Trinajstić information content (AvgIpc) is 2.88. The molecule has 1 heterocycles. The van der Waals surface area contributed by atoms with Gasteiger partial charge in [-0.05, 0) is 23.1 Å². The van der Waals surface area contributed by atoms with E-state index < -0.39 is 0 Å². The van der Waals surface area contributed by atoms with Gasteiger partial charge in [0.15, 0.2) is 0 Å². The summed E-state index contributed by atoms with van der Waals surface area (Å²) in [7, 11) is 0. The molecule has 0 N–H and O–H groups in total. The Morgan fingerprint density at radius 3 is 2.71 bits per heavy atom. The van der Waals surface area contributed by atoms with Gasteiger partial charge in [0, 0.05) is 11.0 Å². The van der Waals surface area contributed by atoms with Crippen molar-refractivity contribution in [3.63, 3.8) is 0 Å². The third-order valence-corrected chi connectivity index (χ3v) is 2.99. The molecule has 1 aromatic heterocycles. The van der Waals surface area contributed by atoms with Crippen LogP contribution < -0.4 is 0 Å². The molecule has 0 fully saturated rings. The van der Waals surface area contributed by atoms with Crippen LogP contribution in [0.3, 0.4) is 0 Å². The van der Waals surface area contributed by atoms with Crippen LogP contribution in [0, 0.1) is 0 Å². The Labute approximate surface area is 104 Å². The molecule has 0 aliphatic rings. The fraction of sp³-hybridized carbons (Fsp3) is 0.0714. The monoisotopic (exact) mass is 244 g/mol. The van der Waals surface area contributed by atoms with E-state index >= 15 is 0 Å². The molecule has 0 aliphatic heterocycles. The van der Waals surface area contributed by atoms with Gasteiger partial charge < -0.3 is 4.74 Å². The van der Waals surface area contributed by atoms with Gasteiger partial charge in [0.05, 0.1) is 0 Å². The molecule has 2 nitrogen and oxygen atoms in total. The lowest BCUT2D eigenvalue weighted by atomic mass is 10.2. The van der Waals surface area contributed by atoms with Gasteiger partial charge in [-0.2, -0.15) is 0 Å². The van der Waals surface area contributed by atoms with Crippen LogP contribution in [0.15, 0.2) is 53.9 Å². The Hall–Kier alpha value is -1.87. The lowest BCUT2D eigenvalue weighted by Crippen LogP contribution is -2.00. The number of carbonyl (C=O) groups excluding carboxylic acids is 1. The van der Waals surface area contributed by atoms with Crippen molar-refractivity contribution in [2.75, 3.05) is 0 Å². The zero-order chi connectivity index (χ0) is 11.9. The molecule has 3 heteroatoms. The molecule has 1 aromatic carbocycles. The molecule has 0 spiro atoms. The summed E-state index contributed by atoms with van der Waals surface area (Å²) < 4.78 is 5.11. The van der Waals surface area contributed by atoms with Gasteiger partial charge in [-0.3, -0.25) is 0 Å². The number of hydrogen-bond donors (Lipinski definition) is 0. The van der Waals surface area contributed by atoms with E-state index in [-0.39, 0.29) is 5.97 Å². The van der Waals surface area contributed by atoms with E-state index in [4.69, 9.17) is 4.74 Å². The van der Waals surface area contributed by atoms with E-state index in [1.54, 1.807) is 17.4 Å². The van der Waals surface area contributed by atoms with Crippen molar-refractivity contribution < 1.29 is 9.53 Å². The third kappa shape index (κ3) is 3.89. The van der Waals surface area contributed by atoms with Crippen molar-refractivity contribution in [2.45, 2.75) is 6.61 Å². The number of carbonyl (C=O) groups is 1. The highest BCUT2D eigenvalue weighted by Crippen LogP contribution is 2.10. The molecule has 0 radical (unpaired) electrons. The summed E-state index contributed by atoms with van der Waals surface area (Å²) in [4.78, 5) is 12.5. The van der Waals surface area contributed by atoms with Crippen LogP contribution in [0.1, 0.15) is 10.4 Å². The zero-order valence-corrected chi connectivity index (χ0v) is 10.0. The minimum absolute atomic E-state index is 0.314. The quantitative estimate of drug-likeness (QED) is 0.607. The number of benzene rings is 1. The highest BCUT2D eigenvalue weighted by atomic mass is 32.1. The van der Waals surface area contributed by atoms with Gasteiger partial charge in [0.25, 0.3) is 0 Å². The second-order valence-electron chi connectivity index (χ2n) is 3.44. The standard InChI is InChI=1S/C14H12O2S/c15-14(9-8-13-7-4-10-17-13)16-11-12-5-2-1-3-6-12/h1-10H,11H2/b9-8+. The van der Waals surface area contributed by atoms with Gasteiger partial charge in [-0.15, -0.1) is 11.3 Å². The Morgan fingerprint density at radius 1 is 1.18 bits per heavy atom. The summed E-state index contributed by atoms with van der Waals surface area (Å²) in [5.41, 5.74) is 0.991. The first-order chi connectivity index (χ1) is 8.34. The lowest BCUT2D eigenvalue weighted by molar-refractivity contribution is -0.138. The van der Waals surface area contributed by atoms with Crippen LogP contribution in [0.5, 0.6) is 0 Å². The lowest BCUT2D eigenvalue weighted by Gasteiger charge is -2.01. The molecule has 0 saturated carbocycles. The molecule has 0 saturated heterocycles. The Morgan fingerprint density at radius 2 is 2.00 bits per heavy atom. The van der Waals surface area contributed by atoms with E-state index in [1.165, 1.54) is 6.08 Å². The van der Waals surface area contributed by atoms with E-state index in [0.717, 1.165) is 10.4 Å². The van der Waals surface area contributed by atoms with Gasteiger partial charge in [-0.25, -0.2) is 4.79 Å². The Kier molecular flexibility index (Phi) is 4.11. The summed E-state index contributed by atoms with van der Waals surface area (Å²) in [6.45, 7) is 0.314. The summed E-state index contributed by atoms with van der Waals surface area (Å²) in [6, 6.07) is 13.5. The topological polar surface area (TPSA) is 26.3 Å². The van der Waals surface area contributed by atoms with Crippen molar-refractivity contribution in [1.29, 1.82) is 0 Å². The second-order valence-corrected chi connectivity index (χ2v) is 4.42. The van der Waals surface area contributed by atoms with Crippen LogP contribution in [0.2, 0.25) is 0 Å². The SMILES string of the molecule is O=C(/C=C/c1cccs1)OCc1ccccc1. The first-order valence-corrected chi connectivity index (χ1v) is 6.15. The summed E-state index contributed by atoms with van der Waals surface area (Å²) in [5, 5.41) is 1.97. The largest absolute Gasteiger partial charge is 0.458 e. The highest BCUT2D eigenvalue weighted by molar-refractivity contribution is 7.10. The van der Waals surface area contributed by atoms with E-state index in [9.17, 15) is 4.79 Å². The molecule has 86 valence electrons. The van der Waals surface area contributed by atoms with E-state index in [2.05, 4.69) is 0 Å². The fourth-order valence-corrected chi connectivity index (χ4v) is 1.93. The highest BCUT2D eigenvalue weighted by Gasteiger charge is 1.98. The normalized spacial score (nSPS) is 10.6. The fourth-order valence-electron chi connectivity index (χ4n) is 1.31. The van der Waals surface area contributed by atoms with Crippen LogP contribution in [-0.4, -0.2) is 5.97 Å². The predicted octanol–water partition coefficient (Wildman–Crippen LogP) is 3.50. The van der Waals surface area contributed by atoms with Crippen LogP contribution in [0.4, 0.5) is 0 Å². The van der Waals surface area contributed by atoms with Crippen molar-refractivity contribution >= 4 is 23.4 Å². The maximum absolute atomic E-state index is 11.4. The molecule has 0 atom stereocenters. The van der Waals surface area contributed by atoms with Crippen LogP contribution in [-0.2, 0) is 16.1 Å². The maximum Gasteiger partial charge on any atom is 0.331 e. The zero-order valence-electron chi connectivity index (χ0n) is 9.21. The maximum atomic E-state index is 11.4. The average molecular weight is 244 g/mol. The summed E-state index contributed by atoms with van der Waals surface area (Å²) in [6.07, 6.45) is 3.22. The van der Waals surface area contributed by atoms with Crippen molar-refractivity contribution in [3.8, 4) is 0 Å². The van der Waals surface area contributed by atoms with Gasteiger partial charge >= 0.3 is 5.97 Å². The van der Waals surface area contributed by atoms with Crippen LogP contribution >= 0.6 is 11.3 Å². The Balaban J connectivity index is 1.82.